The third-order valence-electron chi connectivity index (χ3n) is 1.48. The second-order valence-corrected chi connectivity index (χ2v) is 3.36. The third-order valence-corrected chi connectivity index (χ3v) is 2.30. The summed E-state index contributed by atoms with van der Waals surface area (Å²) in [5.41, 5.74) is 12.4. The van der Waals surface area contributed by atoms with Crippen molar-refractivity contribution in [1.82, 2.24) is 5.43 Å². The molecule has 0 aromatic heterocycles. The summed E-state index contributed by atoms with van der Waals surface area (Å²) in [6.45, 7) is 0. The van der Waals surface area contributed by atoms with Gasteiger partial charge in [-0.1, -0.05) is 29.3 Å². The van der Waals surface area contributed by atoms with Crippen LogP contribution in [0.2, 0.25) is 10.0 Å². The van der Waals surface area contributed by atoms with Crippen LogP contribution in [0.5, 0.6) is 0 Å². The number of halogens is 2. The molecule has 1 rings (SSSR count). The molecule has 0 heterocycles. The van der Waals surface area contributed by atoms with Gasteiger partial charge in [0, 0.05) is 0 Å². The molecule has 0 bridgehead atoms. The van der Waals surface area contributed by atoms with Crippen molar-refractivity contribution in [2.24, 2.45) is 16.6 Å². The zero-order valence-corrected chi connectivity index (χ0v) is 9.01. The quantitative estimate of drug-likeness (QED) is 0.314. The summed E-state index contributed by atoms with van der Waals surface area (Å²) in [5.74, 6) is -0.780. The molecule has 0 fully saturated rings. The lowest BCUT2D eigenvalue weighted by Crippen LogP contribution is -2.29. The molecule has 1 amide bonds. The molecule has 5 N–H and O–H groups in total. The van der Waals surface area contributed by atoms with E-state index >= 15 is 0 Å². The molecule has 0 atom stereocenters. The van der Waals surface area contributed by atoms with Gasteiger partial charge >= 0.3 is 0 Å². The van der Waals surface area contributed by atoms with Crippen LogP contribution in [0.3, 0.4) is 0 Å². The number of hydrogen-bond acceptors (Lipinski definition) is 2. The van der Waals surface area contributed by atoms with Crippen LogP contribution >= 0.6 is 23.2 Å². The number of rotatable bonds is 2. The van der Waals surface area contributed by atoms with E-state index in [9.17, 15) is 4.79 Å². The summed E-state index contributed by atoms with van der Waals surface area (Å²) in [6, 6.07) is 4.67. The predicted octanol–water partition coefficient (Wildman–Crippen LogP) is 0.912. The second-order valence-electron chi connectivity index (χ2n) is 2.58. The average Bonchev–Trinajstić information content (AvgIpc) is 2.18. The van der Waals surface area contributed by atoms with E-state index in [1.54, 1.807) is 12.1 Å². The first kappa shape index (κ1) is 11.6. The maximum Gasteiger partial charge on any atom is 0.273 e. The van der Waals surface area contributed by atoms with Crippen LogP contribution in [0.4, 0.5) is 0 Å². The van der Waals surface area contributed by atoms with Gasteiger partial charge < -0.3 is 11.5 Å². The standard InChI is InChI=1S/C8H8Cl2N4O/c9-5-3-1-2-4(6(5)10)7(15)13-14-8(11)12/h1-3H,(H,13,15)(H4,11,12,14)/i7+1,8+1. The molecule has 1 aromatic carbocycles. The molecule has 1 aromatic rings. The van der Waals surface area contributed by atoms with E-state index in [2.05, 4.69) is 10.5 Å². The van der Waals surface area contributed by atoms with Gasteiger partial charge in [-0.15, -0.1) is 5.10 Å². The van der Waals surface area contributed by atoms with E-state index in [1.165, 1.54) is 6.07 Å². The van der Waals surface area contributed by atoms with Gasteiger partial charge in [-0.2, -0.15) is 0 Å². The minimum absolute atomic E-state index is 0.155. The molecule has 15 heavy (non-hydrogen) atoms. The summed E-state index contributed by atoms with van der Waals surface area (Å²) in [5, 5.41) is 3.78. The first-order chi connectivity index (χ1) is 7.02. The van der Waals surface area contributed by atoms with Crippen LogP contribution in [-0.4, -0.2) is 11.9 Å². The van der Waals surface area contributed by atoms with Gasteiger partial charge in [-0.25, -0.2) is 5.43 Å². The van der Waals surface area contributed by atoms with Crippen molar-refractivity contribution in [2.75, 3.05) is 0 Å². The molecular formula is C8H8Cl2N4O. The largest absolute Gasteiger partial charge is 0.369 e. The van der Waals surface area contributed by atoms with Gasteiger partial charge in [-0.3, -0.25) is 4.79 Å². The van der Waals surface area contributed by atoms with Crippen molar-refractivity contribution >= 4 is 35.1 Å². The Balaban J connectivity index is 2.92. The maximum absolute atomic E-state index is 11.4. The molecule has 0 aliphatic rings. The van der Waals surface area contributed by atoms with Gasteiger partial charge in [0.25, 0.3) is 5.91 Å². The zero-order chi connectivity index (χ0) is 11.4. The molecule has 80 valence electrons. The van der Waals surface area contributed by atoms with Crippen molar-refractivity contribution in [1.29, 1.82) is 0 Å². The molecule has 0 aliphatic heterocycles. The van der Waals surface area contributed by atoms with Gasteiger partial charge in [0.2, 0.25) is 5.96 Å². The molecule has 0 radical (unpaired) electrons. The van der Waals surface area contributed by atoms with Crippen LogP contribution in [-0.2, 0) is 0 Å². The molecule has 0 unspecified atom stereocenters. The van der Waals surface area contributed by atoms with Crippen LogP contribution in [0, 0.1) is 0 Å². The molecule has 0 aliphatic carbocycles. The Morgan fingerprint density at radius 1 is 1.33 bits per heavy atom. The number of hydrazone groups is 1. The Kier molecular flexibility index (Phi) is 3.76. The van der Waals surface area contributed by atoms with Gasteiger partial charge in [-0.05, 0) is 12.1 Å². The summed E-state index contributed by atoms with van der Waals surface area (Å²) in [6.07, 6.45) is 0. The number of nitrogens with zero attached hydrogens (tertiary/aromatic N) is 1. The lowest BCUT2D eigenvalue weighted by Gasteiger charge is -2.03. The Bertz CT molecular complexity index is 415. The fourth-order valence-corrected chi connectivity index (χ4v) is 1.24. The first-order valence-corrected chi connectivity index (χ1v) is 4.61. The van der Waals surface area contributed by atoms with E-state index in [0.717, 1.165) is 0 Å². The number of benzene rings is 1. The minimum atomic E-state index is -0.532. The highest BCUT2D eigenvalue weighted by molar-refractivity contribution is 6.43. The van der Waals surface area contributed by atoms with Crippen LogP contribution < -0.4 is 16.9 Å². The first-order valence-electron chi connectivity index (χ1n) is 3.85. The highest BCUT2D eigenvalue weighted by Crippen LogP contribution is 2.25. The van der Waals surface area contributed by atoms with E-state index in [0.29, 0.717) is 0 Å². The summed E-state index contributed by atoms with van der Waals surface area (Å²) >= 11 is 11.5. The van der Waals surface area contributed by atoms with Crippen LogP contribution in [0.15, 0.2) is 23.3 Å². The molecule has 0 saturated carbocycles. The lowest BCUT2D eigenvalue weighted by molar-refractivity contribution is 0.0955. The number of guanidine groups is 1. The van der Waals surface area contributed by atoms with Gasteiger partial charge in [0.1, 0.15) is 0 Å². The molecular weight excluding hydrogens is 241 g/mol. The summed E-state index contributed by atoms with van der Waals surface area (Å²) < 4.78 is 0. The van der Waals surface area contributed by atoms with Crippen LogP contribution in [0.1, 0.15) is 10.4 Å². The predicted molar refractivity (Wildman–Crippen MR) is 59.7 cm³/mol. The zero-order valence-electron chi connectivity index (χ0n) is 7.50. The smallest absolute Gasteiger partial charge is 0.273 e. The summed E-state index contributed by atoms with van der Waals surface area (Å²) in [4.78, 5) is 11.4. The van der Waals surface area contributed by atoms with Crippen molar-refractivity contribution in [2.45, 2.75) is 0 Å². The Morgan fingerprint density at radius 3 is 2.60 bits per heavy atom. The second kappa shape index (κ2) is 4.86. The third kappa shape index (κ3) is 3.00. The van der Waals surface area contributed by atoms with E-state index in [1.807, 2.05) is 0 Å². The van der Waals surface area contributed by atoms with E-state index in [4.69, 9.17) is 34.7 Å². The average molecular weight is 249 g/mol. The van der Waals surface area contributed by atoms with Gasteiger partial charge in [0.15, 0.2) is 0 Å². The van der Waals surface area contributed by atoms with Gasteiger partial charge in [0.05, 0.1) is 15.6 Å². The number of carbonyl (C=O) groups is 1. The maximum atomic E-state index is 11.4. The van der Waals surface area contributed by atoms with Crippen molar-refractivity contribution < 1.29 is 4.79 Å². The lowest BCUT2D eigenvalue weighted by atomic mass is 10.3. The Hall–Kier alpha value is -1.46. The summed E-state index contributed by atoms with van der Waals surface area (Å²) in [7, 11) is 0. The molecule has 0 spiro atoms. The number of carbonyl (C=O) groups excluding carboxylic acids is 1. The van der Waals surface area contributed by atoms with Crippen LogP contribution in [0.25, 0.3) is 0 Å². The monoisotopic (exact) mass is 248 g/mol. The normalized spacial score (nSPS) is 9.47. The fourth-order valence-electron chi connectivity index (χ4n) is 0.855. The van der Waals surface area contributed by atoms with E-state index in [-0.39, 0.29) is 21.6 Å². The van der Waals surface area contributed by atoms with E-state index < -0.39 is 5.91 Å². The number of nitrogens with two attached hydrogens (primary N) is 2. The number of nitrogens with one attached hydrogen (secondary N) is 1. The van der Waals surface area contributed by atoms with Crippen molar-refractivity contribution in [3.63, 3.8) is 0 Å². The Morgan fingerprint density at radius 2 is 2.00 bits per heavy atom. The Labute approximate surface area is 96.0 Å². The molecule has 0 saturated heterocycles. The van der Waals surface area contributed by atoms with Crippen molar-refractivity contribution in [3.05, 3.63) is 33.8 Å². The minimum Gasteiger partial charge on any atom is -0.369 e. The highest BCUT2D eigenvalue weighted by atomic mass is 35.5. The highest BCUT2D eigenvalue weighted by Gasteiger charge is 2.11. The number of amides is 1. The fraction of sp³-hybridized carbons (Fsp3) is 0. The molecule has 5 nitrogen and oxygen atoms in total. The number of hydrogen-bond donors (Lipinski definition) is 3. The molecule has 7 heteroatoms. The topological polar surface area (TPSA) is 93.5 Å². The van der Waals surface area contributed by atoms with Crippen molar-refractivity contribution in [3.8, 4) is 0 Å². The SMILES string of the molecule is N[13C](N)=NN[13C](=O)c1cccc(Cl)c1Cl.